The van der Waals surface area contributed by atoms with E-state index in [0.717, 1.165) is 38.0 Å². The highest BCUT2D eigenvalue weighted by molar-refractivity contribution is 6.32. The Morgan fingerprint density at radius 2 is 2.25 bits per heavy atom. The first-order chi connectivity index (χ1) is 7.65. The summed E-state index contributed by atoms with van der Waals surface area (Å²) in [5.74, 6) is 0. The molecule has 16 heavy (non-hydrogen) atoms. The predicted molar refractivity (Wildman–Crippen MR) is 66.7 cm³/mol. The van der Waals surface area contributed by atoms with Crippen molar-refractivity contribution in [3.63, 3.8) is 0 Å². The van der Waals surface area contributed by atoms with Crippen molar-refractivity contribution in [1.82, 2.24) is 9.88 Å². The smallest absolute Gasteiger partial charge is 0.135 e. The molecule has 1 aliphatic rings. The minimum absolute atomic E-state index is 0.285. The van der Waals surface area contributed by atoms with E-state index in [1.54, 1.807) is 6.07 Å². The number of halogens is 2. The van der Waals surface area contributed by atoms with Crippen LogP contribution in [0.4, 0.5) is 0 Å². The van der Waals surface area contributed by atoms with Crippen LogP contribution in [0.15, 0.2) is 12.1 Å². The van der Waals surface area contributed by atoms with Crippen molar-refractivity contribution in [3.05, 3.63) is 28.0 Å². The van der Waals surface area contributed by atoms with Gasteiger partial charge in [0.05, 0.1) is 0 Å². The number of piperidine rings is 1. The van der Waals surface area contributed by atoms with Gasteiger partial charge in [0.2, 0.25) is 0 Å². The second-order valence-electron chi connectivity index (χ2n) is 4.22. The van der Waals surface area contributed by atoms with Crippen LogP contribution < -0.4 is 5.73 Å². The fraction of sp³-hybridized carbons (Fsp3) is 0.545. The Labute approximate surface area is 106 Å². The monoisotopic (exact) mass is 259 g/mol. The van der Waals surface area contributed by atoms with Crippen LogP contribution in [0.1, 0.15) is 18.4 Å². The third-order valence-corrected chi connectivity index (χ3v) is 3.37. The van der Waals surface area contributed by atoms with Crippen molar-refractivity contribution in [1.29, 1.82) is 0 Å². The van der Waals surface area contributed by atoms with Crippen molar-refractivity contribution in [3.8, 4) is 0 Å². The van der Waals surface area contributed by atoms with Crippen LogP contribution in [0.25, 0.3) is 0 Å². The number of nitrogens with two attached hydrogens (primary N) is 1. The Morgan fingerprint density at radius 1 is 1.44 bits per heavy atom. The lowest BCUT2D eigenvalue weighted by molar-refractivity contribution is 0.201. The minimum atomic E-state index is 0.285. The summed E-state index contributed by atoms with van der Waals surface area (Å²) in [6.07, 6.45) is 2.27. The van der Waals surface area contributed by atoms with Crippen molar-refractivity contribution < 1.29 is 0 Å². The molecule has 1 aliphatic heterocycles. The molecule has 0 aromatic carbocycles. The van der Waals surface area contributed by atoms with Crippen LogP contribution in [-0.2, 0) is 6.54 Å². The van der Waals surface area contributed by atoms with Crippen LogP contribution in [0.2, 0.25) is 10.3 Å². The molecule has 3 nitrogen and oxygen atoms in total. The molecule has 2 rings (SSSR count). The van der Waals surface area contributed by atoms with E-state index in [1.807, 2.05) is 6.07 Å². The molecule has 88 valence electrons. The molecule has 2 N–H and O–H groups in total. The van der Waals surface area contributed by atoms with Gasteiger partial charge in [-0.15, -0.1) is 0 Å². The lowest BCUT2D eigenvalue weighted by atomic mass is 10.1. The van der Waals surface area contributed by atoms with Crippen LogP contribution in [0.3, 0.4) is 0 Å². The fourth-order valence-electron chi connectivity index (χ4n) is 2.03. The van der Waals surface area contributed by atoms with Crippen LogP contribution in [0.5, 0.6) is 0 Å². The molecule has 1 saturated heterocycles. The molecule has 0 bridgehead atoms. The number of rotatable bonds is 2. The molecule has 1 aromatic heterocycles. The molecule has 1 atom stereocenters. The normalized spacial score (nSPS) is 22.3. The summed E-state index contributed by atoms with van der Waals surface area (Å²) < 4.78 is 0. The standard InChI is InChI=1S/C11H15Cl2N3/c12-10-4-3-8(11(13)15-10)6-16-5-1-2-9(14)7-16/h3-4,9H,1-2,5-7,14H2. The van der Waals surface area contributed by atoms with E-state index < -0.39 is 0 Å². The molecule has 1 aromatic rings. The molecule has 2 heterocycles. The van der Waals surface area contributed by atoms with Gasteiger partial charge in [0.1, 0.15) is 10.3 Å². The SMILES string of the molecule is NC1CCCN(Cc2ccc(Cl)nc2Cl)C1. The molecular weight excluding hydrogens is 245 g/mol. The zero-order valence-corrected chi connectivity index (χ0v) is 10.5. The van der Waals surface area contributed by atoms with Crippen molar-refractivity contribution in [2.24, 2.45) is 5.73 Å². The molecule has 5 heteroatoms. The lowest BCUT2D eigenvalue weighted by Gasteiger charge is -2.30. The molecule has 0 radical (unpaired) electrons. The van der Waals surface area contributed by atoms with Crippen LogP contribution in [0, 0.1) is 0 Å². The highest BCUT2D eigenvalue weighted by atomic mass is 35.5. The number of likely N-dealkylation sites (tertiary alicyclic amines) is 1. The molecule has 0 spiro atoms. The van der Waals surface area contributed by atoms with Gasteiger partial charge in [0, 0.05) is 24.7 Å². The van der Waals surface area contributed by atoms with E-state index in [-0.39, 0.29) is 6.04 Å². The van der Waals surface area contributed by atoms with Gasteiger partial charge < -0.3 is 5.73 Å². The van der Waals surface area contributed by atoms with Crippen molar-refractivity contribution in [2.75, 3.05) is 13.1 Å². The highest BCUT2D eigenvalue weighted by Gasteiger charge is 2.17. The highest BCUT2D eigenvalue weighted by Crippen LogP contribution is 2.20. The predicted octanol–water partition coefficient (Wildman–Crippen LogP) is 2.31. The second kappa shape index (κ2) is 5.32. The summed E-state index contributed by atoms with van der Waals surface area (Å²) in [7, 11) is 0. The Balaban J connectivity index is 2.02. The number of hydrogen-bond donors (Lipinski definition) is 1. The molecule has 0 aliphatic carbocycles. The zero-order chi connectivity index (χ0) is 11.5. The lowest BCUT2D eigenvalue weighted by Crippen LogP contribution is -2.42. The molecule has 0 amide bonds. The maximum Gasteiger partial charge on any atom is 0.135 e. The number of hydrogen-bond acceptors (Lipinski definition) is 3. The van der Waals surface area contributed by atoms with Crippen molar-refractivity contribution in [2.45, 2.75) is 25.4 Å². The Bertz CT molecular complexity index is 370. The molecule has 1 fully saturated rings. The first kappa shape index (κ1) is 12.1. The van der Waals surface area contributed by atoms with Gasteiger partial charge in [-0.25, -0.2) is 4.98 Å². The summed E-state index contributed by atoms with van der Waals surface area (Å²) in [5, 5.41) is 0.927. The van der Waals surface area contributed by atoms with Gasteiger partial charge in [-0.05, 0) is 25.5 Å². The largest absolute Gasteiger partial charge is 0.327 e. The Hall–Kier alpha value is -0.350. The number of aromatic nitrogens is 1. The quantitative estimate of drug-likeness (QED) is 0.830. The summed E-state index contributed by atoms with van der Waals surface area (Å²) in [6.45, 7) is 2.81. The van der Waals surface area contributed by atoms with E-state index in [4.69, 9.17) is 28.9 Å². The summed E-state index contributed by atoms with van der Waals surface area (Å²) in [6, 6.07) is 3.98. The summed E-state index contributed by atoms with van der Waals surface area (Å²) in [5.41, 5.74) is 6.94. The molecule has 1 unspecified atom stereocenters. The fourth-order valence-corrected chi connectivity index (χ4v) is 2.44. The van der Waals surface area contributed by atoms with Gasteiger partial charge in [-0.2, -0.15) is 0 Å². The summed E-state index contributed by atoms with van der Waals surface area (Å²) in [4.78, 5) is 6.34. The maximum absolute atomic E-state index is 6.03. The number of nitrogens with zero attached hydrogens (tertiary/aromatic N) is 2. The first-order valence-electron chi connectivity index (χ1n) is 5.44. The van der Waals surface area contributed by atoms with E-state index >= 15 is 0 Å². The summed E-state index contributed by atoms with van der Waals surface area (Å²) >= 11 is 11.8. The topological polar surface area (TPSA) is 42.1 Å². The van der Waals surface area contributed by atoms with Crippen molar-refractivity contribution >= 4 is 23.2 Å². The molecule has 0 saturated carbocycles. The number of pyridine rings is 1. The van der Waals surface area contributed by atoms with E-state index in [9.17, 15) is 0 Å². The third-order valence-electron chi connectivity index (χ3n) is 2.83. The Kier molecular flexibility index (Phi) is 4.03. The van der Waals surface area contributed by atoms with Crippen LogP contribution >= 0.6 is 23.2 Å². The Morgan fingerprint density at radius 3 is 2.94 bits per heavy atom. The van der Waals surface area contributed by atoms with Gasteiger partial charge in [0.15, 0.2) is 0 Å². The van der Waals surface area contributed by atoms with E-state index in [0.29, 0.717) is 10.3 Å². The molecular formula is C11H15Cl2N3. The second-order valence-corrected chi connectivity index (χ2v) is 4.97. The van der Waals surface area contributed by atoms with Gasteiger partial charge in [0.25, 0.3) is 0 Å². The minimum Gasteiger partial charge on any atom is -0.327 e. The van der Waals surface area contributed by atoms with E-state index in [1.165, 1.54) is 0 Å². The maximum atomic E-state index is 6.03. The average Bonchev–Trinajstić information content (AvgIpc) is 2.22. The van der Waals surface area contributed by atoms with Crippen LogP contribution in [-0.4, -0.2) is 29.0 Å². The van der Waals surface area contributed by atoms with Gasteiger partial charge in [-0.1, -0.05) is 29.3 Å². The first-order valence-corrected chi connectivity index (χ1v) is 6.19. The van der Waals surface area contributed by atoms with Gasteiger partial charge in [-0.3, -0.25) is 4.90 Å². The van der Waals surface area contributed by atoms with Gasteiger partial charge >= 0.3 is 0 Å². The zero-order valence-electron chi connectivity index (χ0n) is 9.00. The van der Waals surface area contributed by atoms with E-state index in [2.05, 4.69) is 9.88 Å². The third kappa shape index (κ3) is 3.08. The average molecular weight is 260 g/mol.